The molecule has 1 aromatic heterocycles. The average Bonchev–Trinajstić information content (AvgIpc) is 3.00. The molecule has 2 rings (SSSR count). The van der Waals surface area contributed by atoms with E-state index in [1.54, 1.807) is 23.5 Å². The number of likely N-dealkylation sites (N-methyl/N-ethyl adjacent to an activating group) is 1. The summed E-state index contributed by atoms with van der Waals surface area (Å²) >= 11 is 1.65. The van der Waals surface area contributed by atoms with E-state index in [1.165, 1.54) is 17.0 Å². The first kappa shape index (κ1) is 16.5. The van der Waals surface area contributed by atoms with Crippen molar-refractivity contribution in [3.8, 4) is 5.75 Å². The monoisotopic (exact) mass is 322 g/mol. The van der Waals surface area contributed by atoms with E-state index >= 15 is 0 Å². The molecule has 0 radical (unpaired) electrons. The number of carbonyl (C=O) groups is 1. The van der Waals surface area contributed by atoms with Gasteiger partial charge in [0, 0.05) is 11.4 Å². The normalized spacial score (nSPS) is 12.2. The van der Waals surface area contributed by atoms with Gasteiger partial charge in [-0.05, 0) is 37.7 Å². The fraction of sp³-hybridized carbons (Fsp3) is 0.312. The molecule has 4 nitrogen and oxygen atoms in total. The van der Waals surface area contributed by atoms with Crippen LogP contribution in [0.1, 0.15) is 10.9 Å². The van der Waals surface area contributed by atoms with Crippen molar-refractivity contribution in [2.75, 3.05) is 27.2 Å². The van der Waals surface area contributed by atoms with Gasteiger partial charge in [-0.25, -0.2) is 4.39 Å². The Bertz CT molecular complexity index is 602. The second-order valence-corrected chi connectivity index (χ2v) is 6.00. The summed E-state index contributed by atoms with van der Waals surface area (Å²) < 4.78 is 18.6. The largest absolute Gasteiger partial charge is 0.481 e. The molecule has 6 heteroatoms. The number of benzene rings is 1. The maximum Gasteiger partial charge on any atom is 0.258 e. The summed E-state index contributed by atoms with van der Waals surface area (Å²) in [5.74, 6) is -0.660. The summed E-state index contributed by atoms with van der Waals surface area (Å²) in [6.45, 7) is 0.276. The van der Waals surface area contributed by atoms with E-state index in [0.29, 0.717) is 6.54 Å². The summed E-state index contributed by atoms with van der Waals surface area (Å²) in [5, 5.41) is 4.83. The van der Waals surface area contributed by atoms with Gasteiger partial charge in [0.05, 0.1) is 6.04 Å². The number of carbonyl (C=O) groups excluding carboxylic acids is 1. The Balaban J connectivity index is 1.83. The molecule has 0 aliphatic carbocycles. The van der Waals surface area contributed by atoms with Crippen LogP contribution in [0.3, 0.4) is 0 Å². The van der Waals surface area contributed by atoms with Crippen molar-refractivity contribution in [2.45, 2.75) is 6.04 Å². The average molecular weight is 322 g/mol. The molecule has 0 aliphatic rings. The van der Waals surface area contributed by atoms with E-state index < -0.39 is 5.82 Å². The van der Waals surface area contributed by atoms with Crippen molar-refractivity contribution in [1.82, 2.24) is 10.2 Å². The lowest BCUT2D eigenvalue weighted by Crippen LogP contribution is -2.36. The van der Waals surface area contributed by atoms with Gasteiger partial charge in [-0.3, -0.25) is 4.79 Å². The molecule has 1 amide bonds. The molecule has 0 saturated carbocycles. The zero-order valence-electron chi connectivity index (χ0n) is 12.6. The predicted molar refractivity (Wildman–Crippen MR) is 85.7 cm³/mol. The Hall–Kier alpha value is -1.92. The Morgan fingerprint density at radius 1 is 1.32 bits per heavy atom. The van der Waals surface area contributed by atoms with Crippen molar-refractivity contribution in [2.24, 2.45) is 0 Å². The van der Waals surface area contributed by atoms with Crippen LogP contribution in [0, 0.1) is 5.82 Å². The molecule has 1 heterocycles. The van der Waals surface area contributed by atoms with E-state index in [-0.39, 0.29) is 24.3 Å². The summed E-state index contributed by atoms with van der Waals surface area (Å²) in [5.41, 5.74) is 0. The van der Waals surface area contributed by atoms with E-state index in [1.807, 2.05) is 36.5 Å². The van der Waals surface area contributed by atoms with Crippen molar-refractivity contribution in [1.29, 1.82) is 0 Å². The summed E-state index contributed by atoms with van der Waals surface area (Å²) in [6.07, 6.45) is 0. The number of thiophene rings is 1. The highest BCUT2D eigenvalue weighted by atomic mass is 32.1. The molecular weight excluding hydrogens is 303 g/mol. The maximum atomic E-state index is 13.4. The van der Waals surface area contributed by atoms with Crippen LogP contribution in [-0.4, -0.2) is 38.1 Å². The first-order valence-corrected chi connectivity index (χ1v) is 7.79. The lowest BCUT2D eigenvalue weighted by atomic mass is 10.2. The third-order valence-corrected chi connectivity index (χ3v) is 4.16. The number of amides is 1. The fourth-order valence-corrected chi connectivity index (χ4v) is 2.91. The van der Waals surface area contributed by atoms with E-state index in [4.69, 9.17) is 4.74 Å². The Labute approximate surface area is 133 Å². The quantitative estimate of drug-likeness (QED) is 0.852. The first-order valence-electron chi connectivity index (χ1n) is 6.92. The number of hydrogen-bond donors (Lipinski definition) is 1. The molecule has 22 heavy (non-hydrogen) atoms. The van der Waals surface area contributed by atoms with Crippen LogP contribution in [-0.2, 0) is 4.79 Å². The summed E-state index contributed by atoms with van der Waals surface area (Å²) in [6, 6.07) is 10.2. The lowest BCUT2D eigenvalue weighted by Gasteiger charge is -2.23. The highest BCUT2D eigenvalue weighted by Crippen LogP contribution is 2.22. The van der Waals surface area contributed by atoms with Gasteiger partial charge >= 0.3 is 0 Å². The van der Waals surface area contributed by atoms with E-state index in [0.717, 1.165) is 0 Å². The minimum Gasteiger partial charge on any atom is -0.481 e. The minimum atomic E-state index is -0.472. The zero-order chi connectivity index (χ0) is 15.9. The molecule has 1 N–H and O–H groups in total. The topological polar surface area (TPSA) is 41.6 Å². The number of para-hydroxylation sites is 1. The minimum absolute atomic E-state index is 0.0834. The Morgan fingerprint density at radius 2 is 2.09 bits per heavy atom. The second-order valence-electron chi connectivity index (χ2n) is 5.02. The van der Waals surface area contributed by atoms with Crippen LogP contribution < -0.4 is 10.1 Å². The smallest absolute Gasteiger partial charge is 0.258 e. The van der Waals surface area contributed by atoms with Crippen molar-refractivity contribution in [3.63, 3.8) is 0 Å². The molecule has 0 fully saturated rings. The van der Waals surface area contributed by atoms with Crippen molar-refractivity contribution in [3.05, 3.63) is 52.5 Å². The zero-order valence-corrected chi connectivity index (χ0v) is 13.4. The predicted octanol–water partition coefficient (Wildman–Crippen LogP) is 2.69. The third-order valence-electron chi connectivity index (χ3n) is 3.18. The molecule has 0 bridgehead atoms. The van der Waals surface area contributed by atoms with Crippen molar-refractivity contribution < 1.29 is 13.9 Å². The van der Waals surface area contributed by atoms with Crippen LogP contribution in [0.25, 0.3) is 0 Å². The van der Waals surface area contributed by atoms with Crippen LogP contribution in [0.4, 0.5) is 4.39 Å². The highest BCUT2D eigenvalue weighted by molar-refractivity contribution is 7.10. The van der Waals surface area contributed by atoms with Crippen molar-refractivity contribution >= 4 is 17.2 Å². The van der Waals surface area contributed by atoms with Gasteiger partial charge in [0.1, 0.15) is 0 Å². The van der Waals surface area contributed by atoms with E-state index in [2.05, 4.69) is 5.32 Å². The molecule has 0 saturated heterocycles. The molecule has 2 aromatic rings. The van der Waals surface area contributed by atoms with Gasteiger partial charge in [0.15, 0.2) is 18.2 Å². The van der Waals surface area contributed by atoms with Crippen LogP contribution in [0.5, 0.6) is 5.75 Å². The van der Waals surface area contributed by atoms with Gasteiger partial charge in [-0.15, -0.1) is 11.3 Å². The summed E-state index contributed by atoms with van der Waals surface area (Å²) in [4.78, 5) is 15.1. The first-order chi connectivity index (χ1) is 10.6. The molecule has 0 spiro atoms. The van der Waals surface area contributed by atoms with Gasteiger partial charge in [-0.2, -0.15) is 0 Å². The molecule has 1 aromatic carbocycles. The van der Waals surface area contributed by atoms with E-state index in [9.17, 15) is 9.18 Å². The number of ether oxygens (including phenoxy) is 1. The third kappa shape index (κ3) is 4.54. The summed E-state index contributed by atoms with van der Waals surface area (Å²) in [7, 11) is 3.93. The second kappa shape index (κ2) is 7.91. The van der Waals surface area contributed by atoms with Gasteiger partial charge in [0.2, 0.25) is 0 Å². The number of nitrogens with one attached hydrogen (secondary N) is 1. The lowest BCUT2D eigenvalue weighted by molar-refractivity contribution is -0.123. The molecule has 1 atom stereocenters. The Morgan fingerprint density at radius 3 is 2.73 bits per heavy atom. The van der Waals surface area contributed by atoms with Gasteiger partial charge in [-0.1, -0.05) is 18.2 Å². The molecule has 118 valence electrons. The standard InChI is InChI=1S/C16H19FN2O2S/c1-19(2)13(15-8-5-9-22-15)10-18-16(20)11-21-14-7-4-3-6-12(14)17/h3-9,13H,10-11H2,1-2H3,(H,18,20)/t13-/m0/s1. The number of nitrogens with zero attached hydrogens (tertiary/aromatic N) is 1. The highest BCUT2D eigenvalue weighted by Gasteiger charge is 2.16. The van der Waals surface area contributed by atoms with Gasteiger partial charge in [0.25, 0.3) is 5.91 Å². The Kier molecular flexibility index (Phi) is 5.91. The van der Waals surface area contributed by atoms with Crippen LogP contribution in [0.15, 0.2) is 41.8 Å². The molecule has 0 unspecified atom stereocenters. The molecule has 0 aliphatic heterocycles. The SMILES string of the molecule is CN(C)[C@@H](CNC(=O)COc1ccccc1F)c1cccs1. The van der Waals surface area contributed by atoms with Crippen LogP contribution in [0.2, 0.25) is 0 Å². The fourth-order valence-electron chi connectivity index (χ4n) is 1.99. The number of rotatable bonds is 7. The maximum absolute atomic E-state index is 13.4. The number of halogens is 1. The molecular formula is C16H19FN2O2S. The number of hydrogen-bond acceptors (Lipinski definition) is 4. The van der Waals surface area contributed by atoms with Crippen LogP contribution >= 0.6 is 11.3 Å². The van der Waals surface area contributed by atoms with Gasteiger partial charge < -0.3 is 15.0 Å².